The smallest absolute Gasteiger partial charge is 0.190 e. The van der Waals surface area contributed by atoms with Gasteiger partial charge in [-0.2, -0.15) is 0 Å². The van der Waals surface area contributed by atoms with Gasteiger partial charge in [0, 0.05) is 20.6 Å². The van der Waals surface area contributed by atoms with E-state index in [4.69, 9.17) is 0 Å². The summed E-state index contributed by atoms with van der Waals surface area (Å²) in [5.74, 6) is 0.869. The number of unbranched alkanes of at least 4 members (excludes halogenated alkanes) is 2. The lowest BCUT2D eigenvalue weighted by Crippen LogP contribution is -2.35. The van der Waals surface area contributed by atoms with Crippen molar-refractivity contribution in [2.75, 3.05) is 20.6 Å². The molecule has 1 aromatic carbocycles. The highest BCUT2D eigenvalue weighted by molar-refractivity contribution is 14.0. The van der Waals surface area contributed by atoms with Crippen molar-refractivity contribution in [2.24, 2.45) is 4.99 Å². The average molecular weight is 361 g/mol. The van der Waals surface area contributed by atoms with Crippen molar-refractivity contribution in [3.8, 4) is 0 Å². The van der Waals surface area contributed by atoms with Gasteiger partial charge in [0.15, 0.2) is 5.96 Å². The second kappa shape index (κ2) is 11.3. The van der Waals surface area contributed by atoms with Crippen molar-refractivity contribution in [2.45, 2.75) is 25.7 Å². The van der Waals surface area contributed by atoms with Crippen LogP contribution in [0.15, 0.2) is 35.3 Å². The Morgan fingerprint density at radius 1 is 1.11 bits per heavy atom. The molecule has 0 saturated heterocycles. The molecule has 4 heteroatoms. The zero-order chi connectivity index (χ0) is 12.3. The number of halogens is 1. The van der Waals surface area contributed by atoms with Gasteiger partial charge in [0.05, 0.1) is 0 Å². The standard InChI is InChI=1S/C14H23N3.HI/c1-15-14(16-2)17-12-8-4-7-11-13-9-5-3-6-10-13;/h3,5-6,9-10H,4,7-8,11-12H2,1-2H3,(H2,15,16,17);1H. The van der Waals surface area contributed by atoms with Gasteiger partial charge in [0.2, 0.25) is 0 Å². The number of nitrogens with one attached hydrogen (secondary N) is 2. The summed E-state index contributed by atoms with van der Waals surface area (Å²) in [6.45, 7) is 0.988. The number of hydrogen-bond acceptors (Lipinski definition) is 1. The summed E-state index contributed by atoms with van der Waals surface area (Å²) in [6, 6.07) is 10.7. The van der Waals surface area contributed by atoms with Crippen molar-refractivity contribution in [3.05, 3.63) is 35.9 Å². The Hall–Kier alpha value is -0.780. The second-order valence-electron chi connectivity index (χ2n) is 4.05. The van der Waals surface area contributed by atoms with Crippen LogP contribution in [0.4, 0.5) is 0 Å². The molecule has 0 unspecified atom stereocenters. The fraction of sp³-hybridized carbons (Fsp3) is 0.500. The third-order valence-electron chi connectivity index (χ3n) is 2.74. The van der Waals surface area contributed by atoms with Crippen LogP contribution in [-0.2, 0) is 6.42 Å². The fourth-order valence-corrected chi connectivity index (χ4v) is 1.76. The van der Waals surface area contributed by atoms with E-state index in [2.05, 4.69) is 46.0 Å². The number of aliphatic imine (C=N–C) groups is 1. The summed E-state index contributed by atoms with van der Waals surface area (Å²) in [6.07, 6.45) is 4.88. The molecule has 0 aliphatic rings. The Bertz CT molecular complexity index is 325. The van der Waals surface area contributed by atoms with Gasteiger partial charge in [-0.25, -0.2) is 0 Å². The van der Waals surface area contributed by atoms with Crippen LogP contribution in [0.1, 0.15) is 24.8 Å². The van der Waals surface area contributed by atoms with Crippen molar-refractivity contribution in [1.29, 1.82) is 0 Å². The van der Waals surface area contributed by atoms with E-state index in [-0.39, 0.29) is 24.0 Å². The van der Waals surface area contributed by atoms with Crippen LogP contribution < -0.4 is 10.6 Å². The molecule has 0 radical (unpaired) electrons. The minimum absolute atomic E-state index is 0. The number of benzene rings is 1. The maximum atomic E-state index is 4.07. The molecule has 0 aliphatic carbocycles. The molecule has 3 nitrogen and oxygen atoms in total. The maximum absolute atomic E-state index is 4.07. The van der Waals surface area contributed by atoms with Crippen LogP contribution in [0.3, 0.4) is 0 Å². The third-order valence-corrected chi connectivity index (χ3v) is 2.74. The zero-order valence-corrected chi connectivity index (χ0v) is 13.6. The van der Waals surface area contributed by atoms with Crippen molar-refractivity contribution < 1.29 is 0 Å². The van der Waals surface area contributed by atoms with Gasteiger partial charge in [0.1, 0.15) is 0 Å². The molecule has 1 aromatic rings. The number of nitrogens with zero attached hydrogens (tertiary/aromatic N) is 1. The summed E-state index contributed by atoms with van der Waals surface area (Å²) < 4.78 is 0. The van der Waals surface area contributed by atoms with E-state index in [1.807, 2.05) is 7.05 Å². The Balaban J connectivity index is 0.00000289. The van der Waals surface area contributed by atoms with E-state index < -0.39 is 0 Å². The molecule has 0 heterocycles. The van der Waals surface area contributed by atoms with E-state index in [9.17, 15) is 0 Å². The number of hydrogen-bond donors (Lipinski definition) is 2. The van der Waals surface area contributed by atoms with Gasteiger partial charge in [-0.1, -0.05) is 36.8 Å². The Kier molecular flexibility index (Phi) is 10.8. The highest BCUT2D eigenvalue weighted by Gasteiger charge is 1.94. The first-order chi connectivity index (χ1) is 8.36. The minimum Gasteiger partial charge on any atom is -0.359 e. The minimum atomic E-state index is 0. The Morgan fingerprint density at radius 2 is 1.83 bits per heavy atom. The van der Waals surface area contributed by atoms with Gasteiger partial charge >= 0.3 is 0 Å². The van der Waals surface area contributed by atoms with Crippen molar-refractivity contribution >= 4 is 29.9 Å². The summed E-state index contributed by atoms with van der Waals surface area (Å²) in [5.41, 5.74) is 1.44. The van der Waals surface area contributed by atoms with Crippen LogP contribution >= 0.6 is 24.0 Å². The summed E-state index contributed by atoms with van der Waals surface area (Å²) >= 11 is 0. The van der Waals surface area contributed by atoms with Crippen molar-refractivity contribution in [3.63, 3.8) is 0 Å². The first-order valence-electron chi connectivity index (χ1n) is 6.29. The lowest BCUT2D eigenvalue weighted by atomic mass is 10.1. The zero-order valence-electron chi connectivity index (χ0n) is 11.3. The fourth-order valence-electron chi connectivity index (χ4n) is 1.76. The summed E-state index contributed by atoms with van der Waals surface area (Å²) in [5, 5.41) is 6.26. The van der Waals surface area contributed by atoms with Crippen LogP contribution in [0.25, 0.3) is 0 Å². The van der Waals surface area contributed by atoms with E-state index in [0.29, 0.717) is 0 Å². The highest BCUT2D eigenvalue weighted by Crippen LogP contribution is 2.05. The van der Waals surface area contributed by atoms with Gasteiger partial charge < -0.3 is 10.6 Å². The molecule has 1 rings (SSSR count). The first-order valence-corrected chi connectivity index (χ1v) is 6.29. The van der Waals surface area contributed by atoms with Crippen molar-refractivity contribution in [1.82, 2.24) is 10.6 Å². The largest absolute Gasteiger partial charge is 0.359 e. The van der Waals surface area contributed by atoms with Gasteiger partial charge in [-0.05, 0) is 24.8 Å². The molecule has 18 heavy (non-hydrogen) atoms. The highest BCUT2D eigenvalue weighted by atomic mass is 127. The average Bonchev–Trinajstić information content (AvgIpc) is 2.39. The molecule has 0 amide bonds. The quantitative estimate of drug-likeness (QED) is 0.354. The van der Waals surface area contributed by atoms with Gasteiger partial charge in [-0.15, -0.1) is 24.0 Å². The number of aryl methyl sites for hydroxylation is 1. The number of rotatable bonds is 6. The van der Waals surface area contributed by atoms with Crippen LogP contribution in [0, 0.1) is 0 Å². The molecule has 102 valence electrons. The molecular formula is C14H24IN3. The summed E-state index contributed by atoms with van der Waals surface area (Å²) in [4.78, 5) is 4.07. The molecule has 0 fully saturated rings. The lowest BCUT2D eigenvalue weighted by molar-refractivity contribution is 0.659. The van der Waals surface area contributed by atoms with Crippen LogP contribution in [-0.4, -0.2) is 26.6 Å². The molecule has 0 saturated carbocycles. The van der Waals surface area contributed by atoms with Crippen LogP contribution in [0.2, 0.25) is 0 Å². The molecule has 0 aliphatic heterocycles. The van der Waals surface area contributed by atoms with E-state index in [1.54, 1.807) is 7.05 Å². The first kappa shape index (κ1) is 17.2. The van der Waals surface area contributed by atoms with Gasteiger partial charge in [-0.3, -0.25) is 4.99 Å². The second-order valence-corrected chi connectivity index (χ2v) is 4.05. The maximum Gasteiger partial charge on any atom is 0.190 e. The van der Waals surface area contributed by atoms with E-state index in [1.165, 1.54) is 31.2 Å². The summed E-state index contributed by atoms with van der Waals surface area (Å²) in [7, 11) is 3.67. The molecule has 0 bridgehead atoms. The third kappa shape index (κ3) is 7.53. The molecule has 0 atom stereocenters. The SMILES string of the molecule is CN=C(NC)NCCCCCc1ccccc1.I. The monoisotopic (exact) mass is 361 g/mol. The normalized spacial score (nSPS) is 10.7. The molecule has 2 N–H and O–H groups in total. The molecule has 0 aromatic heterocycles. The number of guanidine groups is 1. The lowest BCUT2D eigenvalue weighted by Gasteiger charge is -2.07. The van der Waals surface area contributed by atoms with E-state index in [0.717, 1.165) is 12.5 Å². The Morgan fingerprint density at radius 3 is 2.44 bits per heavy atom. The van der Waals surface area contributed by atoms with Gasteiger partial charge in [0.25, 0.3) is 0 Å². The predicted molar refractivity (Wildman–Crippen MR) is 89.8 cm³/mol. The molecular weight excluding hydrogens is 337 g/mol. The van der Waals surface area contributed by atoms with Crippen LogP contribution in [0.5, 0.6) is 0 Å². The molecule has 0 spiro atoms. The van der Waals surface area contributed by atoms with E-state index >= 15 is 0 Å². The predicted octanol–water partition coefficient (Wildman–Crippen LogP) is 2.81. The topological polar surface area (TPSA) is 36.4 Å². The Labute approximate surface area is 127 Å².